The molecule has 326 valence electrons. The summed E-state index contributed by atoms with van der Waals surface area (Å²) in [7, 11) is -15.0. The van der Waals surface area contributed by atoms with Gasteiger partial charge in [-0.15, -0.1) is 6.92 Å². The predicted octanol–water partition coefficient (Wildman–Crippen LogP) is 0.223. The summed E-state index contributed by atoms with van der Waals surface area (Å²) in [5.41, 5.74) is 8.79. The molecule has 4 rings (SSSR count). The van der Waals surface area contributed by atoms with Crippen molar-refractivity contribution in [3.8, 4) is 0 Å². The van der Waals surface area contributed by atoms with E-state index in [1.807, 2.05) is 15.6 Å². The fourth-order valence-corrected chi connectivity index (χ4v) is 35.8. The Morgan fingerprint density at radius 1 is 0.373 bits per heavy atom. The summed E-state index contributed by atoms with van der Waals surface area (Å²) >= 11 is 0. The summed E-state index contributed by atoms with van der Waals surface area (Å²) in [5, 5.41) is 15.6. The van der Waals surface area contributed by atoms with Gasteiger partial charge in [-0.3, -0.25) is 6.08 Å². The molecule has 1 atom stereocenters. The number of hydrogen-bond acceptors (Lipinski definition) is 0. The Hall–Kier alpha value is 0.242. The molecule has 59 heavy (non-hydrogen) atoms. The first kappa shape index (κ1) is 59.2. The average Bonchev–Trinajstić information content (AvgIpc) is 3.17. The maximum atomic E-state index is 4.58. The summed E-state index contributed by atoms with van der Waals surface area (Å²) in [6.45, 7) is 65.2. The van der Waals surface area contributed by atoms with Crippen molar-refractivity contribution in [2.24, 2.45) is 0 Å². The predicted molar refractivity (Wildman–Crippen MR) is 275 cm³/mol. The maximum Gasteiger partial charge on any atom is 4.00 e. The second-order valence-electron chi connectivity index (χ2n) is 24.1. The molecule has 0 bridgehead atoms. The molecule has 0 amide bonds. The second-order valence-corrected chi connectivity index (χ2v) is 58.3. The molecule has 0 saturated heterocycles. The largest absolute Gasteiger partial charge is 4.00 e. The molecule has 0 fully saturated rings. The van der Waals surface area contributed by atoms with Crippen molar-refractivity contribution in [3.63, 3.8) is 0 Å². The minimum Gasteiger partial charge on any atom is -1.00 e. The van der Waals surface area contributed by atoms with E-state index in [0.29, 0.717) is 0 Å². The molecule has 3 aromatic carbocycles. The van der Waals surface area contributed by atoms with Crippen LogP contribution in [0.1, 0.15) is 44.4 Å². The Balaban J connectivity index is 0.00000841. The second kappa shape index (κ2) is 19.0. The summed E-state index contributed by atoms with van der Waals surface area (Å²) < 4.78 is 0. The van der Waals surface area contributed by atoms with Crippen molar-refractivity contribution in [3.05, 3.63) is 75.9 Å². The molecule has 0 spiro atoms. The summed E-state index contributed by atoms with van der Waals surface area (Å²) in [5.74, 6) is 0. The van der Waals surface area contributed by atoms with Gasteiger partial charge in [-0.05, 0) is 20.8 Å². The first-order chi connectivity index (χ1) is 24.4. The number of rotatable bonds is 10. The third kappa shape index (κ3) is 10.9. The Kier molecular flexibility index (Phi) is 19.1. The van der Waals surface area contributed by atoms with Crippen molar-refractivity contribution in [2.45, 2.75) is 171 Å². The van der Waals surface area contributed by atoms with Crippen LogP contribution in [0.5, 0.6) is 0 Å². The molecule has 1 aliphatic carbocycles. The molecule has 1 unspecified atom stereocenters. The third-order valence-electron chi connectivity index (χ3n) is 12.9. The standard InChI is InChI=1S/C48H81Si7.3ClH.Ti/c1-33-26-39(49(8,9)10)45(40(27-33)50(11,12)13)55(48(7)32-36(4)37(5)38(48)6,46-41(51(14,15)16)28-34(2)29-42(46)52(17,18)19)47-43(53(20,21)22)30-35(3)31-44(47)54(23,24)25;;;;/h26-31H,1-25H3;3*1H;/q-1;;;;+4/p-3. The van der Waals surface area contributed by atoms with Gasteiger partial charge in [0.15, 0.2) is 0 Å². The number of allylic oxidation sites excluding steroid dienone is 4. The molecule has 0 N–H and O–H groups in total. The molecule has 0 saturated carbocycles. The van der Waals surface area contributed by atoms with E-state index in [1.165, 1.54) is 27.8 Å². The normalized spacial score (nSPS) is 16.8. The Morgan fingerprint density at radius 3 is 0.695 bits per heavy atom. The minimum absolute atomic E-state index is 0. The Morgan fingerprint density at radius 2 is 0.559 bits per heavy atom. The molecule has 3 aromatic rings. The van der Waals surface area contributed by atoms with Crippen molar-refractivity contribution in [1.82, 2.24) is 0 Å². The van der Waals surface area contributed by atoms with Crippen molar-refractivity contribution < 1.29 is 58.9 Å². The van der Waals surface area contributed by atoms with Gasteiger partial charge in [-0.25, -0.2) is 5.57 Å². The molecule has 0 aliphatic heterocycles. The topological polar surface area (TPSA) is 0 Å². The fraction of sp³-hybridized carbons (Fsp3) is 0.542. The van der Waals surface area contributed by atoms with E-state index >= 15 is 0 Å². The van der Waals surface area contributed by atoms with Gasteiger partial charge >= 0.3 is 21.7 Å². The molecule has 1 aliphatic rings. The zero-order valence-electron chi connectivity index (χ0n) is 42.1. The van der Waals surface area contributed by atoms with Crippen LogP contribution in [-0.2, 0) is 21.7 Å². The van der Waals surface area contributed by atoms with Crippen molar-refractivity contribution >= 4 is 103 Å². The van der Waals surface area contributed by atoms with Crippen LogP contribution >= 0.6 is 0 Å². The van der Waals surface area contributed by atoms with E-state index in [1.54, 1.807) is 36.7 Å². The van der Waals surface area contributed by atoms with Gasteiger partial charge in [-0.1, -0.05) is 243 Å². The van der Waals surface area contributed by atoms with Gasteiger partial charge in [-0.2, -0.15) is 11.1 Å². The number of hydrogen-bond donors (Lipinski definition) is 0. The van der Waals surface area contributed by atoms with E-state index in [0.717, 1.165) is 0 Å². The van der Waals surface area contributed by atoms with Crippen molar-refractivity contribution in [2.75, 3.05) is 0 Å². The summed E-state index contributed by atoms with van der Waals surface area (Å²) in [4.78, 5) is 0. The maximum absolute atomic E-state index is 4.58. The first-order valence-electron chi connectivity index (χ1n) is 21.2. The van der Waals surface area contributed by atoms with Crippen LogP contribution in [-0.4, -0.2) is 56.5 Å². The number of halogens is 3. The molecule has 11 heteroatoms. The van der Waals surface area contributed by atoms with Crippen molar-refractivity contribution in [1.29, 1.82) is 0 Å². The van der Waals surface area contributed by atoms with Crippen LogP contribution < -0.4 is 83.9 Å². The van der Waals surface area contributed by atoms with Crippen LogP contribution in [0, 0.1) is 26.8 Å². The zero-order chi connectivity index (χ0) is 42.6. The van der Waals surface area contributed by atoms with E-state index in [-0.39, 0.29) is 64.0 Å². The van der Waals surface area contributed by atoms with Gasteiger partial charge in [0.2, 0.25) is 0 Å². The van der Waals surface area contributed by atoms with E-state index in [2.05, 4.69) is 209 Å². The SMILES string of the molecule is CC1=[C-]C(C)([Si](c2c([Si](C)(C)C)cc(C)cc2[Si](C)(C)C)(c2c([Si](C)(C)C)cc(C)cc2[Si](C)(C)C)c2c([Si](C)(C)C)cc(C)cc2[Si](C)(C)C)C(C)=C1C.[Cl-].[Cl-].[Cl-].[Ti+4]. The smallest absolute Gasteiger partial charge is 1.00 e. The van der Waals surface area contributed by atoms with Gasteiger partial charge < -0.3 is 37.2 Å². The zero-order valence-corrected chi connectivity index (χ0v) is 52.9. The van der Waals surface area contributed by atoms with Crippen LogP contribution in [0.3, 0.4) is 0 Å². The fourth-order valence-electron chi connectivity index (χ4n) is 9.84. The molecule has 0 radical (unpaired) electrons. The summed E-state index contributed by atoms with van der Waals surface area (Å²) in [6, 6.07) is 16.3. The molecule has 0 heterocycles. The van der Waals surface area contributed by atoms with Gasteiger partial charge in [0.25, 0.3) is 0 Å². The monoisotopic (exact) mass is 1010 g/mol. The quantitative estimate of drug-likeness (QED) is 0.155. The third-order valence-corrected chi connectivity index (χ3v) is 32.3. The Labute approximate surface area is 405 Å². The van der Waals surface area contributed by atoms with Gasteiger partial charge in [0.1, 0.15) is 8.07 Å². The first-order valence-corrected chi connectivity index (χ1v) is 44.2. The van der Waals surface area contributed by atoms with E-state index in [9.17, 15) is 0 Å². The number of aryl methyl sites for hydroxylation is 3. The molecule has 0 nitrogen and oxygen atoms in total. The molecular weight excluding hydrogens is 927 g/mol. The molecule has 0 aromatic heterocycles. The average molecular weight is 1010 g/mol. The van der Waals surface area contributed by atoms with E-state index < -0.39 is 56.5 Å². The van der Waals surface area contributed by atoms with Gasteiger partial charge in [0, 0.05) is 0 Å². The van der Waals surface area contributed by atoms with Gasteiger partial charge in [0.05, 0.1) is 48.4 Å². The van der Waals surface area contributed by atoms with Crippen LogP contribution in [0.25, 0.3) is 0 Å². The molecular formula is C48H81Cl3Si7Ti. The number of benzene rings is 3. The van der Waals surface area contributed by atoms with E-state index in [4.69, 9.17) is 0 Å². The minimum atomic E-state index is -3.24. The van der Waals surface area contributed by atoms with Crippen LogP contribution in [0.15, 0.2) is 53.1 Å². The van der Waals surface area contributed by atoms with Crippen LogP contribution in [0.2, 0.25) is 123 Å². The van der Waals surface area contributed by atoms with Crippen LogP contribution in [0.4, 0.5) is 0 Å². The summed E-state index contributed by atoms with van der Waals surface area (Å²) in [6.07, 6.45) is 4.58. The Bertz CT molecular complexity index is 1790.